The Morgan fingerprint density at radius 1 is 1.53 bits per heavy atom. The molecule has 1 N–H and O–H groups in total. The third kappa shape index (κ3) is 4.11. The molecule has 1 fully saturated rings. The number of halogens is 2. The average Bonchev–Trinajstić information content (AvgIpc) is 2.42. The number of rotatable bonds is 4. The molecule has 106 valence electrons. The molecule has 1 aliphatic heterocycles. The highest BCUT2D eigenvalue weighted by molar-refractivity contribution is 9.10. The Morgan fingerprint density at radius 3 is 3.00 bits per heavy atom. The van der Waals surface area contributed by atoms with E-state index in [-0.39, 0.29) is 0 Å². The van der Waals surface area contributed by atoms with Gasteiger partial charge in [-0.15, -0.1) is 0 Å². The highest BCUT2D eigenvalue weighted by atomic mass is 79.9. The van der Waals surface area contributed by atoms with Crippen molar-refractivity contribution in [1.82, 2.24) is 4.90 Å². The van der Waals surface area contributed by atoms with E-state index in [9.17, 15) is 0 Å². The molecule has 0 saturated carbocycles. The van der Waals surface area contributed by atoms with Gasteiger partial charge in [-0.2, -0.15) is 0 Å². The van der Waals surface area contributed by atoms with Crippen LogP contribution in [0.1, 0.15) is 26.7 Å². The van der Waals surface area contributed by atoms with Crippen molar-refractivity contribution in [1.29, 1.82) is 0 Å². The average molecular weight is 346 g/mol. The lowest BCUT2D eigenvalue weighted by molar-refractivity contribution is 0.172. The molecule has 1 aromatic rings. The first-order valence-electron chi connectivity index (χ1n) is 7.04. The van der Waals surface area contributed by atoms with Gasteiger partial charge in [0.05, 0.1) is 10.7 Å². The van der Waals surface area contributed by atoms with Crippen LogP contribution in [0.3, 0.4) is 0 Å². The maximum absolute atomic E-state index is 6.27. The van der Waals surface area contributed by atoms with Crippen molar-refractivity contribution in [2.75, 3.05) is 25.0 Å². The van der Waals surface area contributed by atoms with E-state index in [4.69, 9.17) is 11.6 Å². The standard InChI is InChI=1S/C15H22BrClN2/c1-3-19-8-4-5-12(10-19)11(2)18-15-7-6-13(16)9-14(15)17/h6-7,9,11-12,18H,3-5,8,10H2,1-2H3. The van der Waals surface area contributed by atoms with Crippen LogP contribution in [0.15, 0.2) is 22.7 Å². The Hall–Kier alpha value is -0.250. The fourth-order valence-corrected chi connectivity index (χ4v) is 3.48. The summed E-state index contributed by atoms with van der Waals surface area (Å²) < 4.78 is 1.02. The summed E-state index contributed by atoms with van der Waals surface area (Å²) in [6.07, 6.45) is 2.61. The number of hydrogen-bond donors (Lipinski definition) is 1. The quantitative estimate of drug-likeness (QED) is 0.855. The lowest BCUT2D eigenvalue weighted by Crippen LogP contribution is -2.41. The van der Waals surface area contributed by atoms with Crippen LogP contribution in [-0.4, -0.2) is 30.6 Å². The van der Waals surface area contributed by atoms with E-state index in [2.05, 4.69) is 40.0 Å². The Bertz CT molecular complexity index is 425. The number of benzene rings is 1. The molecule has 0 amide bonds. The lowest BCUT2D eigenvalue weighted by atomic mass is 9.91. The van der Waals surface area contributed by atoms with Crippen molar-refractivity contribution < 1.29 is 0 Å². The zero-order valence-electron chi connectivity index (χ0n) is 11.6. The summed E-state index contributed by atoms with van der Waals surface area (Å²) in [7, 11) is 0. The number of likely N-dealkylation sites (tertiary alicyclic amines) is 1. The van der Waals surface area contributed by atoms with E-state index in [1.54, 1.807) is 0 Å². The molecule has 2 rings (SSSR count). The number of nitrogens with one attached hydrogen (secondary N) is 1. The predicted octanol–water partition coefficient (Wildman–Crippen LogP) is 4.63. The minimum absolute atomic E-state index is 0.452. The Labute approximate surface area is 129 Å². The molecule has 2 unspecified atom stereocenters. The van der Waals surface area contributed by atoms with Crippen LogP contribution in [-0.2, 0) is 0 Å². The SMILES string of the molecule is CCN1CCCC(C(C)Nc2ccc(Br)cc2Cl)C1. The van der Waals surface area contributed by atoms with Gasteiger partial charge in [0, 0.05) is 17.1 Å². The monoisotopic (exact) mass is 344 g/mol. The van der Waals surface area contributed by atoms with Crippen molar-refractivity contribution >= 4 is 33.2 Å². The molecule has 0 bridgehead atoms. The molecule has 2 atom stereocenters. The van der Waals surface area contributed by atoms with Crippen molar-refractivity contribution in [3.8, 4) is 0 Å². The van der Waals surface area contributed by atoms with Crippen LogP contribution in [0.4, 0.5) is 5.69 Å². The maximum Gasteiger partial charge on any atom is 0.0648 e. The minimum Gasteiger partial charge on any atom is -0.381 e. The van der Waals surface area contributed by atoms with Gasteiger partial charge in [-0.1, -0.05) is 34.5 Å². The molecular formula is C15H22BrClN2. The summed E-state index contributed by atoms with van der Waals surface area (Å²) in [5.74, 6) is 0.702. The van der Waals surface area contributed by atoms with Gasteiger partial charge in [0.2, 0.25) is 0 Å². The zero-order valence-corrected chi connectivity index (χ0v) is 14.0. The molecule has 0 aliphatic carbocycles. The van der Waals surface area contributed by atoms with Gasteiger partial charge in [-0.05, 0) is 57.0 Å². The number of hydrogen-bond acceptors (Lipinski definition) is 2. The molecule has 1 saturated heterocycles. The van der Waals surface area contributed by atoms with Crippen LogP contribution < -0.4 is 5.32 Å². The van der Waals surface area contributed by atoms with Gasteiger partial charge >= 0.3 is 0 Å². The van der Waals surface area contributed by atoms with Crippen LogP contribution in [0.2, 0.25) is 5.02 Å². The molecule has 0 aromatic heterocycles. The van der Waals surface area contributed by atoms with E-state index in [1.165, 1.54) is 25.9 Å². The fourth-order valence-electron chi connectivity index (χ4n) is 2.76. The molecule has 0 radical (unpaired) electrons. The number of nitrogens with zero attached hydrogens (tertiary/aromatic N) is 1. The van der Waals surface area contributed by atoms with Crippen molar-refractivity contribution in [2.45, 2.75) is 32.7 Å². The molecule has 1 aliphatic rings. The van der Waals surface area contributed by atoms with E-state index >= 15 is 0 Å². The van der Waals surface area contributed by atoms with Gasteiger partial charge in [0.1, 0.15) is 0 Å². The van der Waals surface area contributed by atoms with Crippen molar-refractivity contribution in [3.05, 3.63) is 27.7 Å². The van der Waals surface area contributed by atoms with Crippen molar-refractivity contribution in [3.63, 3.8) is 0 Å². The lowest BCUT2D eigenvalue weighted by Gasteiger charge is -2.35. The summed E-state index contributed by atoms with van der Waals surface area (Å²) in [5.41, 5.74) is 1.03. The normalized spacial score (nSPS) is 22.2. The summed E-state index contributed by atoms with van der Waals surface area (Å²) in [4.78, 5) is 2.54. The van der Waals surface area contributed by atoms with Gasteiger partial charge in [0.15, 0.2) is 0 Å². The molecule has 1 aromatic carbocycles. The summed E-state index contributed by atoms with van der Waals surface area (Å²) in [5, 5.41) is 4.35. The molecule has 1 heterocycles. The van der Waals surface area contributed by atoms with Gasteiger partial charge in [-0.25, -0.2) is 0 Å². The van der Waals surface area contributed by atoms with Gasteiger partial charge in [-0.3, -0.25) is 0 Å². The van der Waals surface area contributed by atoms with Crippen LogP contribution in [0, 0.1) is 5.92 Å². The third-order valence-electron chi connectivity index (χ3n) is 4.01. The van der Waals surface area contributed by atoms with Crippen LogP contribution in [0.5, 0.6) is 0 Å². The van der Waals surface area contributed by atoms with Gasteiger partial charge in [0.25, 0.3) is 0 Å². The summed E-state index contributed by atoms with van der Waals surface area (Å²) in [6.45, 7) is 8.11. The predicted molar refractivity (Wildman–Crippen MR) is 87.1 cm³/mol. The molecule has 4 heteroatoms. The highest BCUT2D eigenvalue weighted by Crippen LogP contribution is 2.28. The van der Waals surface area contributed by atoms with E-state index in [1.807, 2.05) is 18.2 Å². The Balaban J connectivity index is 1.98. The molecule has 2 nitrogen and oxygen atoms in total. The van der Waals surface area contributed by atoms with Crippen LogP contribution >= 0.6 is 27.5 Å². The topological polar surface area (TPSA) is 15.3 Å². The first-order valence-corrected chi connectivity index (χ1v) is 8.21. The van der Waals surface area contributed by atoms with Gasteiger partial charge < -0.3 is 10.2 Å². The second-order valence-corrected chi connectivity index (χ2v) is 6.68. The Morgan fingerprint density at radius 2 is 2.32 bits per heavy atom. The van der Waals surface area contributed by atoms with E-state index in [0.717, 1.165) is 21.7 Å². The first-order chi connectivity index (χ1) is 9.10. The minimum atomic E-state index is 0.452. The first kappa shape index (κ1) is 15.1. The summed E-state index contributed by atoms with van der Waals surface area (Å²) in [6, 6.07) is 6.47. The molecule has 19 heavy (non-hydrogen) atoms. The summed E-state index contributed by atoms with van der Waals surface area (Å²) >= 11 is 9.70. The molecule has 0 spiro atoms. The smallest absolute Gasteiger partial charge is 0.0648 e. The largest absolute Gasteiger partial charge is 0.381 e. The number of anilines is 1. The third-order valence-corrected chi connectivity index (χ3v) is 4.82. The van der Waals surface area contributed by atoms with Crippen molar-refractivity contribution in [2.24, 2.45) is 5.92 Å². The van der Waals surface area contributed by atoms with Crippen LogP contribution in [0.25, 0.3) is 0 Å². The second-order valence-electron chi connectivity index (χ2n) is 5.35. The van der Waals surface area contributed by atoms with E-state index in [0.29, 0.717) is 12.0 Å². The maximum atomic E-state index is 6.27. The highest BCUT2D eigenvalue weighted by Gasteiger charge is 2.24. The molecular weight excluding hydrogens is 324 g/mol. The Kier molecular flexibility index (Phi) is 5.55. The number of piperidine rings is 1. The zero-order chi connectivity index (χ0) is 13.8. The fraction of sp³-hybridized carbons (Fsp3) is 0.600. The second kappa shape index (κ2) is 6.96. The van der Waals surface area contributed by atoms with E-state index < -0.39 is 0 Å².